The highest BCUT2D eigenvalue weighted by Gasteiger charge is 2.30. The van der Waals surface area contributed by atoms with Gasteiger partial charge in [0.1, 0.15) is 6.04 Å². The van der Waals surface area contributed by atoms with Gasteiger partial charge in [-0.05, 0) is 47.4 Å². The summed E-state index contributed by atoms with van der Waals surface area (Å²) in [6.07, 6.45) is 2.26. The highest BCUT2D eigenvalue weighted by atomic mass is 35.5. The molecule has 4 nitrogen and oxygen atoms in total. The van der Waals surface area contributed by atoms with E-state index in [2.05, 4.69) is 12.2 Å². The van der Waals surface area contributed by atoms with Gasteiger partial charge in [0.2, 0.25) is 11.8 Å². The van der Waals surface area contributed by atoms with Crippen LogP contribution in [0.25, 0.3) is 0 Å². The Morgan fingerprint density at radius 3 is 2.27 bits per heavy atom. The molecule has 1 unspecified atom stereocenters. The fraction of sp³-hybridized carbons (Fsp3) is 0.310. The van der Waals surface area contributed by atoms with Crippen LogP contribution in [0.2, 0.25) is 15.1 Å². The SMILES string of the molecule is CCCCNC(=O)C(Cc1ccccc1)N(Cc1ccc(Cl)c(Cl)c1)C(=O)CSCc1ccc(Cl)cc1. The zero-order valence-corrected chi connectivity index (χ0v) is 23.8. The summed E-state index contributed by atoms with van der Waals surface area (Å²) in [5.74, 6) is 0.623. The maximum atomic E-state index is 13.7. The van der Waals surface area contributed by atoms with E-state index in [-0.39, 0.29) is 24.1 Å². The molecule has 37 heavy (non-hydrogen) atoms. The van der Waals surface area contributed by atoms with E-state index >= 15 is 0 Å². The van der Waals surface area contributed by atoms with E-state index in [1.54, 1.807) is 17.0 Å². The van der Waals surface area contributed by atoms with Crippen LogP contribution in [0.5, 0.6) is 0 Å². The van der Waals surface area contributed by atoms with Gasteiger partial charge in [-0.3, -0.25) is 9.59 Å². The smallest absolute Gasteiger partial charge is 0.243 e. The molecule has 8 heteroatoms. The van der Waals surface area contributed by atoms with Gasteiger partial charge < -0.3 is 10.2 Å². The van der Waals surface area contributed by atoms with Gasteiger partial charge in [-0.15, -0.1) is 11.8 Å². The van der Waals surface area contributed by atoms with Gasteiger partial charge in [-0.2, -0.15) is 0 Å². The second-order valence-corrected chi connectivity index (χ2v) is 11.0. The average Bonchev–Trinajstić information content (AvgIpc) is 2.90. The predicted molar refractivity (Wildman–Crippen MR) is 156 cm³/mol. The molecule has 0 aliphatic rings. The molecule has 0 spiro atoms. The Hall–Kier alpha value is -2.18. The first-order chi connectivity index (χ1) is 17.9. The Morgan fingerprint density at radius 1 is 0.892 bits per heavy atom. The Morgan fingerprint density at radius 2 is 1.59 bits per heavy atom. The van der Waals surface area contributed by atoms with Crippen molar-refractivity contribution in [3.05, 3.63) is 105 Å². The summed E-state index contributed by atoms with van der Waals surface area (Å²) in [4.78, 5) is 28.8. The van der Waals surface area contributed by atoms with Gasteiger partial charge in [0.25, 0.3) is 0 Å². The van der Waals surface area contributed by atoms with E-state index in [0.29, 0.717) is 33.8 Å². The molecule has 0 heterocycles. The van der Waals surface area contributed by atoms with E-state index in [1.807, 2.05) is 60.7 Å². The number of carbonyl (C=O) groups is 2. The van der Waals surface area contributed by atoms with Crippen molar-refractivity contribution in [2.75, 3.05) is 12.3 Å². The number of nitrogens with zero attached hydrogens (tertiary/aromatic N) is 1. The summed E-state index contributed by atoms with van der Waals surface area (Å²) < 4.78 is 0. The Balaban J connectivity index is 1.84. The summed E-state index contributed by atoms with van der Waals surface area (Å²) >= 11 is 19.9. The molecule has 0 bridgehead atoms. The van der Waals surface area contributed by atoms with Crippen molar-refractivity contribution >= 4 is 58.4 Å². The third-order valence-electron chi connectivity index (χ3n) is 5.85. The first-order valence-electron chi connectivity index (χ1n) is 12.2. The lowest BCUT2D eigenvalue weighted by atomic mass is 10.0. The van der Waals surface area contributed by atoms with Crippen LogP contribution >= 0.6 is 46.6 Å². The second kappa shape index (κ2) is 15.3. The van der Waals surface area contributed by atoms with Gasteiger partial charge in [0.15, 0.2) is 0 Å². The van der Waals surface area contributed by atoms with Crippen LogP contribution in [0.3, 0.4) is 0 Å². The highest BCUT2D eigenvalue weighted by molar-refractivity contribution is 7.99. The summed E-state index contributed by atoms with van der Waals surface area (Å²) in [5, 5.41) is 4.57. The second-order valence-electron chi connectivity index (χ2n) is 8.74. The lowest BCUT2D eigenvalue weighted by Crippen LogP contribution is -2.51. The number of nitrogens with one attached hydrogen (secondary N) is 1. The topological polar surface area (TPSA) is 49.4 Å². The number of thioether (sulfide) groups is 1. The van der Waals surface area contributed by atoms with Gasteiger partial charge in [-0.1, -0.05) is 96.7 Å². The summed E-state index contributed by atoms with van der Waals surface area (Å²) in [7, 11) is 0. The minimum atomic E-state index is -0.669. The predicted octanol–water partition coefficient (Wildman–Crippen LogP) is 7.44. The van der Waals surface area contributed by atoms with Crippen LogP contribution in [0.4, 0.5) is 0 Å². The van der Waals surface area contributed by atoms with Gasteiger partial charge in [0.05, 0.1) is 15.8 Å². The zero-order chi connectivity index (χ0) is 26.6. The van der Waals surface area contributed by atoms with Gasteiger partial charge in [-0.25, -0.2) is 0 Å². The molecule has 2 amide bonds. The molecule has 1 N–H and O–H groups in total. The maximum absolute atomic E-state index is 13.7. The summed E-state index contributed by atoms with van der Waals surface area (Å²) in [6.45, 7) is 2.89. The van der Waals surface area contributed by atoms with Crippen LogP contribution in [0, 0.1) is 0 Å². The molecule has 0 aromatic heterocycles. The van der Waals surface area contributed by atoms with Crippen LogP contribution in [-0.2, 0) is 28.3 Å². The highest BCUT2D eigenvalue weighted by Crippen LogP contribution is 2.25. The molecule has 3 rings (SSSR count). The number of halogens is 3. The largest absolute Gasteiger partial charge is 0.354 e. The fourth-order valence-corrected chi connectivity index (χ4v) is 5.13. The fourth-order valence-electron chi connectivity index (χ4n) is 3.81. The molecule has 0 fully saturated rings. The van der Waals surface area contributed by atoms with Gasteiger partial charge in [0, 0.05) is 30.3 Å². The van der Waals surface area contributed by atoms with Crippen LogP contribution in [0.15, 0.2) is 72.8 Å². The molecule has 3 aromatic carbocycles. The third kappa shape index (κ3) is 9.57. The Kier molecular flexibility index (Phi) is 12.1. The van der Waals surface area contributed by atoms with Crippen molar-refractivity contribution in [2.45, 2.75) is 44.5 Å². The Bertz CT molecular complexity index is 1160. The van der Waals surface area contributed by atoms with E-state index in [0.717, 1.165) is 29.5 Å². The Labute approximate surface area is 238 Å². The molecule has 3 aromatic rings. The maximum Gasteiger partial charge on any atom is 0.243 e. The molecule has 0 saturated carbocycles. The summed E-state index contributed by atoms with van der Waals surface area (Å²) in [6, 6.07) is 22.0. The molecule has 1 atom stereocenters. The van der Waals surface area contributed by atoms with E-state index in [1.165, 1.54) is 11.8 Å². The molecular formula is C29H31Cl3N2O2S. The minimum absolute atomic E-state index is 0.114. The van der Waals surface area contributed by atoms with Gasteiger partial charge >= 0.3 is 0 Å². The molecule has 0 radical (unpaired) electrons. The van der Waals surface area contributed by atoms with Crippen LogP contribution < -0.4 is 5.32 Å². The van der Waals surface area contributed by atoms with Crippen LogP contribution in [-0.4, -0.2) is 35.1 Å². The monoisotopic (exact) mass is 576 g/mol. The third-order valence-corrected chi connectivity index (χ3v) is 7.82. The molecule has 0 saturated heterocycles. The van der Waals surface area contributed by atoms with Crippen molar-refractivity contribution in [3.8, 4) is 0 Å². The van der Waals surface area contributed by atoms with E-state index in [9.17, 15) is 9.59 Å². The number of benzene rings is 3. The van der Waals surface area contributed by atoms with Crippen molar-refractivity contribution in [1.82, 2.24) is 10.2 Å². The number of amides is 2. The molecule has 0 aliphatic carbocycles. The normalized spacial score (nSPS) is 11.7. The lowest BCUT2D eigenvalue weighted by Gasteiger charge is -2.31. The quantitative estimate of drug-likeness (QED) is 0.215. The van der Waals surface area contributed by atoms with Crippen molar-refractivity contribution in [2.24, 2.45) is 0 Å². The van der Waals surface area contributed by atoms with Crippen LogP contribution in [0.1, 0.15) is 36.5 Å². The standard InChI is InChI=1S/C29H31Cl3N2O2S/c1-2-3-15-33-29(36)27(17-21-7-5-4-6-8-21)34(18-23-11-14-25(31)26(32)16-23)28(35)20-37-19-22-9-12-24(30)13-10-22/h4-14,16,27H,2-3,15,17-20H2,1H3,(H,33,36). The number of rotatable bonds is 13. The van der Waals surface area contributed by atoms with Crippen molar-refractivity contribution < 1.29 is 9.59 Å². The number of hydrogen-bond acceptors (Lipinski definition) is 3. The van der Waals surface area contributed by atoms with E-state index in [4.69, 9.17) is 34.8 Å². The molecule has 196 valence electrons. The average molecular weight is 578 g/mol. The molecule has 0 aliphatic heterocycles. The number of unbranched alkanes of at least 4 members (excludes halogenated alkanes) is 1. The molecular weight excluding hydrogens is 547 g/mol. The number of hydrogen-bond donors (Lipinski definition) is 1. The first-order valence-corrected chi connectivity index (χ1v) is 14.5. The van der Waals surface area contributed by atoms with E-state index < -0.39 is 6.04 Å². The van der Waals surface area contributed by atoms with Crippen molar-refractivity contribution in [1.29, 1.82) is 0 Å². The number of carbonyl (C=O) groups excluding carboxylic acids is 2. The first kappa shape index (κ1) is 29.4. The summed E-state index contributed by atoms with van der Waals surface area (Å²) in [5.41, 5.74) is 2.88. The minimum Gasteiger partial charge on any atom is -0.354 e. The van der Waals surface area contributed by atoms with Crippen molar-refractivity contribution in [3.63, 3.8) is 0 Å². The zero-order valence-electron chi connectivity index (χ0n) is 20.8. The lowest BCUT2D eigenvalue weighted by molar-refractivity contribution is -0.139.